The summed E-state index contributed by atoms with van der Waals surface area (Å²) in [5.74, 6) is 0.770. The maximum absolute atomic E-state index is 6.20. The summed E-state index contributed by atoms with van der Waals surface area (Å²) in [5.41, 5.74) is 1.18. The van der Waals surface area contributed by atoms with E-state index in [1.807, 2.05) is 12.1 Å². The molecule has 0 aliphatic carbocycles. The second-order valence-electron chi connectivity index (χ2n) is 5.11. The lowest BCUT2D eigenvalue weighted by Crippen LogP contribution is -2.16. The van der Waals surface area contributed by atoms with Gasteiger partial charge in [-0.2, -0.15) is 0 Å². The second kappa shape index (κ2) is 11.8. The molecule has 0 amide bonds. The summed E-state index contributed by atoms with van der Waals surface area (Å²) in [4.78, 5) is 0. The SMILES string of the molecule is CCCCOCCCNCc1ccc(OCCC)c(Cl)c1. The van der Waals surface area contributed by atoms with E-state index >= 15 is 0 Å². The van der Waals surface area contributed by atoms with Gasteiger partial charge in [-0.15, -0.1) is 0 Å². The van der Waals surface area contributed by atoms with Gasteiger partial charge in [0.25, 0.3) is 0 Å². The van der Waals surface area contributed by atoms with Crippen LogP contribution in [0.25, 0.3) is 0 Å². The Hall–Kier alpha value is -0.770. The van der Waals surface area contributed by atoms with Crippen molar-refractivity contribution in [1.82, 2.24) is 5.32 Å². The van der Waals surface area contributed by atoms with Crippen LogP contribution in [0, 0.1) is 0 Å². The maximum Gasteiger partial charge on any atom is 0.137 e. The first kappa shape index (κ1) is 18.3. The molecule has 3 nitrogen and oxygen atoms in total. The van der Waals surface area contributed by atoms with Crippen molar-refractivity contribution in [3.05, 3.63) is 28.8 Å². The molecule has 0 saturated carbocycles. The standard InChI is InChI=1S/C17H28ClNO2/c1-3-5-11-20-12-6-9-19-14-15-7-8-17(16(18)13-15)21-10-4-2/h7-8,13,19H,3-6,9-12,14H2,1-2H3. The molecule has 1 rings (SSSR count). The zero-order valence-corrected chi connectivity index (χ0v) is 14.0. The number of rotatable bonds is 12. The molecule has 0 fully saturated rings. The Balaban J connectivity index is 2.16. The summed E-state index contributed by atoms with van der Waals surface area (Å²) >= 11 is 6.20. The molecular weight excluding hydrogens is 286 g/mol. The molecule has 0 atom stereocenters. The molecule has 0 heterocycles. The van der Waals surface area contributed by atoms with Gasteiger partial charge < -0.3 is 14.8 Å². The molecule has 1 aromatic rings. The number of nitrogens with one attached hydrogen (secondary N) is 1. The van der Waals surface area contributed by atoms with Gasteiger partial charge in [0.15, 0.2) is 0 Å². The van der Waals surface area contributed by atoms with E-state index in [0.29, 0.717) is 11.6 Å². The van der Waals surface area contributed by atoms with Crippen LogP contribution in [-0.4, -0.2) is 26.4 Å². The molecule has 4 heteroatoms. The molecule has 0 aliphatic rings. The first-order valence-corrected chi connectivity index (χ1v) is 8.35. The largest absolute Gasteiger partial charge is 0.492 e. The molecule has 0 saturated heterocycles. The van der Waals surface area contributed by atoms with Crippen LogP contribution in [0.3, 0.4) is 0 Å². The van der Waals surface area contributed by atoms with Crippen LogP contribution in [0.2, 0.25) is 5.02 Å². The summed E-state index contributed by atoms with van der Waals surface area (Å²) in [5, 5.41) is 4.09. The van der Waals surface area contributed by atoms with E-state index < -0.39 is 0 Å². The van der Waals surface area contributed by atoms with Crippen LogP contribution in [0.4, 0.5) is 0 Å². The van der Waals surface area contributed by atoms with E-state index in [4.69, 9.17) is 21.1 Å². The first-order valence-electron chi connectivity index (χ1n) is 7.97. The van der Waals surface area contributed by atoms with E-state index in [0.717, 1.165) is 51.3 Å². The van der Waals surface area contributed by atoms with Crippen LogP contribution in [-0.2, 0) is 11.3 Å². The predicted molar refractivity (Wildman–Crippen MR) is 89.3 cm³/mol. The Labute approximate surface area is 134 Å². The number of hydrogen-bond donors (Lipinski definition) is 1. The Bertz CT molecular complexity index is 385. The van der Waals surface area contributed by atoms with Crippen molar-refractivity contribution in [2.24, 2.45) is 0 Å². The zero-order chi connectivity index (χ0) is 15.3. The molecule has 0 spiro atoms. The van der Waals surface area contributed by atoms with Gasteiger partial charge in [-0.25, -0.2) is 0 Å². The van der Waals surface area contributed by atoms with Gasteiger partial charge in [-0.1, -0.05) is 37.9 Å². The van der Waals surface area contributed by atoms with Gasteiger partial charge in [0.2, 0.25) is 0 Å². The summed E-state index contributed by atoms with van der Waals surface area (Å²) in [6.07, 6.45) is 4.37. The minimum absolute atomic E-state index is 0.686. The van der Waals surface area contributed by atoms with Gasteiger partial charge >= 0.3 is 0 Å². The Morgan fingerprint density at radius 2 is 1.86 bits per heavy atom. The third kappa shape index (κ3) is 8.30. The minimum Gasteiger partial charge on any atom is -0.492 e. The van der Waals surface area contributed by atoms with Gasteiger partial charge in [0, 0.05) is 19.8 Å². The molecule has 0 bridgehead atoms. The minimum atomic E-state index is 0.686. The lowest BCUT2D eigenvalue weighted by atomic mass is 10.2. The Morgan fingerprint density at radius 3 is 2.57 bits per heavy atom. The number of unbranched alkanes of at least 4 members (excludes halogenated alkanes) is 1. The molecule has 0 unspecified atom stereocenters. The van der Waals surface area contributed by atoms with Gasteiger partial charge in [-0.3, -0.25) is 0 Å². The van der Waals surface area contributed by atoms with Gasteiger partial charge in [0.05, 0.1) is 11.6 Å². The van der Waals surface area contributed by atoms with Crippen molar-refractivity contribution in [1.29, 1.82) is 0 Å². The number of ether oxygens (including phenoxy) is 2. The summed E-state index contributed by atoms with van der Waals surface area (Å²) < 4.78 is 11.1. The van der Waals surface area contributed by atoms with E-state index in [9.17, 15) is 0 Å². The van der Waals surface area contributed by atoms with E-state index in [2.05, 4.69) is 25.2 Å². The molecular formula is C17H28ClNO2. The summed E-state index contributed by atoms with van der Waals surface area (Å²) in [7, 11) is 0. The van der Waals surface area contributed by atoms with E-state index in [1.54, 1.807) is 0 Å². The molecule has 120 valence electrons. The van der Waals surface area contributed by atoms with Crippen molar-refractivity contribution in [2.75, 3.05) is 26.4 Å². The zero-order valence-electron chi connectivity index (χ0n) is 13.3. The van der Waals surface area contributed by atoms with Crippen LogP contribution >= 0.6 is 11.6 Å². The Kier molecular flexibility index (Phi) is 10.3. The lowest BCUT2D eigenvalue weighted by molar-refractivity contribution is 0.129. The van der Waals surface area contributed by atoms with Crippen LogP contribution in [0.15, 0.2) is 18.2 Å². The third-order valence-corrected chi connectivity index (χ3v) is 3.37. The highest BCUT2D eigenvalue weighted by molar-refractivity contribution is 6.32. The van der Waals surface area contributed by atoms with Crippen molar-refractivity contribution < 1.29 is 9.47 Å². The third-order valence-electron chi connectivity index (χ3n) is 3.07. The van der Waals surface area contributed by atoms with Crippen molar-refractivity contribution in [2.45, 2.75) is 46.1 Å². The molecule has 1 N–H and O–H groups in total. The average Bonchev–Trinajstić information content (AvgIpc) is 2.49. The van der Waals surface area contributed by atoms with E-state index in [1.165, 1.54) is 12.0 Å². The molecule has 0 aliphatic heterocycles. The molecule has 1 aromatic carbocycles. The van der Waals surface area contributed by atoms with Crippen LogP contribution < -0.4 is 10.1 Å². The smallest absolute Gasteiger partial charge is 0.137 e. The normalized spacial score (nSPS) is 10.8. The topological polar surface area (TPSA) is 30.5 Å². The highest BCUT2D eigenvalue weighted by Gasteiger charge is 2.02. The van der Waals surface area contributed by atoms with Crippen molar-refractivity contribution in [3.8, 4) is 5.75 Å². The fourth-order valence-corrected chi connectivity index (χ4v) is 2.12. The van der Waals surface area contributed by atoms with Gasteiger partial charge in [0.1, 0.15) is 5.75 Å². The second-order valence-corrected chi connectivity index (χ2v) is 5.52. The fraction of sp³-hybridized carbons (Fsp3) is 0.647. The lowest BCUT2D eigenvalue weighted by Gasteiger charge is -2.09. The first-order chi connectivity index (χ1) is 10.3. The number of halogens is 1. The van der Waals surface area contributed by atoms with Crippen LogP contribution in [0.5, 0.6) is 5.75 Å². The quantitative estimate of drug-likeness (QED) is 0.579. The monoisotopic (exact) mass is 313 g/mol. The summed E-state index contributed by atoms with van der Waals surface area (Å²) in [6, 6.07) is 5.97. The number of hydrogen-bond acceptors (Lipinski definition) is 3. The average molecular weight is 314 g/mol. The predicted octanol–water partition coefficient (Wildman–Crippen LogP) is 4.43. The maximum atomic E-state index is 6.20. The van der Waals surface area contributed by atoms with E-state index in [-0.39, 0.29) is 0 Å². The van der Waals surface area contributed by atoms with Crippen molar-refractivity contribution in [3.63, 3.8) is 0 Å². The highest BCUT2D eigenvalue weighted by Crippen LogP contribution is 2.25. The van der Waals surface area contributed by atoms with Crippen LogP contribution in [0.1, 0.15) is 45.1 Å². The van der Waals surface area contributed by atoms with Crippen molar-refractivity contribution >= 4 is 11.6 Å². The van der Waals surface area contributed by atoms with Gasteiger partial charge in [-0.05, 0) is 43.5 Å². The fourth-order valence-electron chi connectivity index (χ4n) is 1.86. The highest BCUT2D eigenvalue weighted by atomic mass is 35.5. The summed E-state index contributed by atoms with van der Waals surface area (Å²) in [6.45, 7) is 8.45. The molecule has 21 heavy (non-hydrogen) atoms. The number of benzene rings is 1. The molecule has 0 radical (unpaired) electrons. The Morgan fingerprint density at radius 1 is 1.05 bits per heavy atom. The molecule has 0 aromatic heterocycles.